The molecule has 2 aromatic carbocycles. The third-order valence-electron chi connectivity index (χ3n) is 5.52. The topological polar surface area (TPSA) is 71.7 Å². The number of thiazole rings is 1. The lowest BCUT2D eigenvalue weighted by atomic mass is 10.0. The number of terminal acetylenes is 1. The van der Waals surface area contributed by atoms with Gasteiger partial charge in [0.1, 0.15) is 0 Å². The highest BCUT2D eigenvalue weighted by atomic mass is 32.2. The van der Waals surface area contributed by atoms with Crippen molar-refractivity contribution in [3.63, 3.8) is 0 Å². The number of aromatic nitrogens is 1. The van der Waals surface area contributed by atoms with Gasteiger partial charge < -0.3 is 4.57 Å². The molecule has 1 aliphatic heterocycles. The van der Waals surface area contributed by atoms with Crippen LogP contribution < -0.4 is 4.80 Å². The third-order valence-corrected chi connectivity index (χ3v) is 8.49. The summed E-state index contributed by atoms with van der Waals surface area (Å²) in [6.07, 6.45) is 7.22. The van der Waals surface area contributed by atoms with Gasteiger partial charge in [0.25, 0.3) is 5.91 Å². The van der Waals surface area contributed by atoms with Crippen LogP contribution in [-0.4, -0.2) is 36.3 Å². The molecule has 8 heteroatoms. The Bertz CT molecular complexity index is 1320. The molecule has 0 unspecified atom stereocenters. The number of sulfonamides is 1. The van der Waals surface area contributed by atoms with Gasteiger partial charge in [-0.2, -0.15) is 9.30 Å². The summed E-state index contributed by atoms with van der Waals surface area (Å²) in [4.78, 5) is 17.7. The van der Waals surface area contributed by atoms with E-state index in [1.807, 2.05) is 28.8 Å². The number of hydrogen-bond donors (Lipinski definition) is 0. The summed E-state index contributed by atoms with van der Waals surface area (Å²) in [5, 5.41) is 0. The highest BCUT2D eigenvalue weighted by Crippen LogP contribution is 2.24. The van der Waals surface area contributed by atoms with Gasteiger partial charge in [-0.05, 0) is 55.2 Å². The van der Waals surface area contributed by atoms with E-state index in [-0.39, 0.29) is 4.90 Å². The maximum atomic E-state index is 12.9. The molecule has 2 heterocycles. The molecule has 1 fully saturated rings. The van der Waals surface area contributed by atoms with Gasteiger partial charge in [0, 0.05) is 18.7 Å². The van der Waals surface area contributed by atoms with Crippen molar-refractivity contribution in [2.45, 2.75) is 31.2 Å². The summed E-state index contributed by atoms with van der Waals surface area (Å²) in [5.41, 5.74) is 1.25. The number of amides is 1. The van der Waals surface area contributed by atoms with Gasteiger partial charge in [0.05, 0.1) is 21.7 Å². The molecule has 4 rings (SSSR count). The van der Waals surface area contributed by atoms with E-state index in [1.165, 1.54) is 39.9 Å². The predicted octanol–water partition coefficient (Wildman–Crippen LogP) is 3.50. The Balaban J connectivity index is 1.62. The lowest BCUT2D eigenvalue weighted by Crippen LogP contribution is -2.37. The van der Waals surface area contributed by atoms with Crippen molar-refractivity contribution in [3.8, 4) is 12.3 Å². The van der Waals surface area contributed by atoms with Gasteiger partial charge in [0.2, 0.25) is 10.0 Å². The molecule has 0 aliphatic carbocycles. The van der Waals surface area contributed by atoms with Crippen molar-refractivity contribution < 1.29 is 13.2 Å². The number of nitrogens with zero attached hydrogens (tertiary/aromatic N) is 3. The van der Waals surface area contributed by atoms with Gasteiger partial charge >= 0.3 is 0 Å². The Labute approximate surface area is 185 Å². The quantitative estimate of drug-likeness (QED) is 0.568. The molecule has 3 aromatic rings. The number of rotatable bonds is 4. The molecule has 0 bridgehead atoms. The monoisotopic (exact) mass is 453 g/mol. The van der Waals surface area contributed by atoms with E-state index in [1.54, 1.807) is 0 Å². The molecule has 0 radical (unpaired) electrons. The highest BCUT2D eigenvalue weighted by molar-refractivity contribution is 7.89. The number of benzene rings is 2. The summed E-state index contributed by atoms with van der Waals surface area (Å²) < 4.78 is 30.1. The zero-order chi connectivity index (χ0) is 22.0. The standard InChI is InChI=1S/C23H23N3O3S2/c1-3-14-26-20-6-4-5-7-21(20)30-23(26)24-22(27)18-8-10-19(11-9-18)31(28,29)25-15-12-17(2)13-16-25/h1,4-11,17H,12-16H2,2H3. The first-order valence-electron chi connectivity index (χ1n) is 10.1. The van der Waals surface area contributed by atoms with E-state index >= 15 is 0 Å². The minimum atomic E-state index is -3.55. The number of para-hydroxylation sites is 1. The Morgan fingerprint density at radius 1 is 1.16 bits per heavy atom. The van der Waals surface area contributed by atoms with Crippen LogP contribution in [0.4, 0.5) is 0 Å². The molecule has 1 aromatic heterocycles. The second-order valence-corrected chi connectivity index (χ2v) is 10.6. The van der Waals surface area contributed by atoms with Crippen LogP contribution >= 0.6 is 11.3 Å². The molecule has 6 nitrogen and oxygen atoms in total. The van der Waals surface area contributed by atoms with E-state index in [2.05, 4.69) is 17.8 Å². The lowest BCUT2D eigenvalue weighted by molar-refractivity contribution is 0.0998. The van der Waals surface area contributed by atoms with Crippen LogP contribution in [0.1, 0.15) is 30.1 Å². The first kappa shape index (κ1) is 21.5. The molecule has 160 valence electrons. The maximum absolute atomic E-state index is 12.9. The zero-order valence-electron chi connectivity index (χ0n) is 17.2. The second-order valence-electron chi connectivity index (χ2n) is 7.67. The van der Waals surface area contributed by atoms with Crippen LogP contribution in [-0.2, 0) is 16.6 Å². The number of carbonyl (C=O) groups is 1. The van der Waals surface area contributed by atoms with E-state index in [9.17, 15) is 13.2 Å². The van der Waals surface area contributed by atoms with Crippen molar-refractivity contribution in [2.24, 2.45) is 10.9 Å². The van der Waals surface area contributed by atoms with Gasteiger partial charge in [-0.25, -0.2) is 8.42 Å². The largest absolute Gasteiger partial charge is 0.305 e. The van der Waals surface area contributed by atoms with Crippen LogP contribution in [0.2, 0.25) is 0 Å². The summed E-state index contributed by atoms with van der Waals surface area (Å²) in [5.74, 6) is 2.70. The number of hydrogen-bond acceptors (Lipinski definition) is 4. The van der Waals surface area contributed by atoms with Crippen molar-refractivity contribution >= 4 is 37.5 Å². The van der Waals surface area contributed by atoms with Crippen LogP contribution in [0, 0.1) is 18.3 Å². The Morgan fingerprint density at radius 2 is 1.84 bits per heavy atom. The molecule has 1 saturated heterocycles. The Kier molecular flexibility index (Phi) is 6.10. The fourth-order valence-electron chi connectivity index (χ4n) is 3.65. The van der Waals surface area contributed by atoms with E-state index in [4.69, 9.17) is 6.42 Å². The fourth-order valence-corrected chi connectivity index (χ4v) is 6.14. The van der Waals surface area contributed by atoms with E-state index in [0.717, 1.165) is 23.1 Å². The molecule has 31 heavy (non-hydrogen) atoms. The maximum Gasteiger partial charge on any atom is 0.279 e. The summed E-state index contributed by atoms with van der Waals surface area (Å²) in [6.45, 7) is 3.50. The smallest absolute Gasteiger partial charge is 0.279 e. The van der Waals surface area contributed by atoms with Crippen molar-refractivity contribution in [1.82, 2.24) is 8.87 Å². The molecular formula is C23H23N3O3S2. The third kappa shape index (κ3) is 4.35. The van der Waals surface area contributed by atoms with Crippen LogP contribution in [0.25, 0.3) is 10.2 Å². The van der Waals surface area contributed by atoms with Gasteiger partial charge in [-0.3, -0.25) is 4.79 Å². The van der Waals surface area contributed by atoms with Crippen molar-refractivity contribution in [1.29, 1.82) is 0 Å². The first-order chi connectivity index (χ1) is 14.9. The van der Waals surface area contributed by atoms with Crippen LogP contribution in [0.5, 0.6) is 0 Å². The average Bonchev–Trinajstić information content (AvgIpc) is 3.11. The normalized spacial score (nSPS) is 16.5. The second kappa shape index (κ2) is 8.79. The Hall–Kier alpha value is -2.73. The molecule has 0 spiro atoms. The lowest BCUT2D eigenvalue weighted by Gasteiger charge is -2.29. The molecule has 1 amide bonds. The number of fused-ring (bicyclic) bond motifs is 1. The molecule has 0 saturated carbocycles. The molecule has 0 atom stereocenters. The van der Waals surface area contributed by atoms with Crippen molar-refractivity contribution in [2.75, 3.05) is 13.1 Å². The Morgan fingerprint density at radius 3 is 2.52 bits per heavy atom. The van der Waals surface area contributed by atoms with E-state index in [0.29, 0.717) is 35.9 Å². The van der Waals surface area contributed by atoms with E-state index < -0.39 is 15.9 Å². The number of carbonyl (C=O) groups excluding carboxylic acids is 1. The summed E-state index contributed by atoms with van der Waals surface area (Å²) in [7, 11) is -3.55. The minimum Gasteiger partial charge on any atom is -0.305 e. The summed E-state index contributed by atoms with van der Waals surface area (Å²) >= 11 is 1.39. The minimum absolute atomic E-state index is 0.197. The van der Waals surface area contributed by atoms with Gasteiger partial charge in [-0.15, -0.1) is 6.42 Å². The molecular weight excluding hydrogens is 430 g/mol. The average molecular weight is 454 g/mol. The highest BCUT2D eigenvalue weighted by Gasteiger charge is 2.28. The van der Waals surface area contributed by atoms with Gasteiger partial charge in [0.15, 0.2) is 4.80 Å². The predicted molar refractivity (Wildman–Crippen MR) is 122 cm³/mol. The van der Waals surface area contributed by atoms with Crippen LogP contribution in [0.15, 0.2) is 58.4 Å². The fraction of sp³-hybridized carbons (Fsp3) is 0.304. The van der Waals surface area contributed by atoms with Crippen LogP contribution in [0.3, 0.4) is 0 Å². The first-order valence-corrected chi connectivity index (χ1v) is 12.4. The molecule has 1 aliphatic rings. The number of piperidine rings is 1. The SMILES string of the molecule is C#CCn1c(=NC(=O)c2ccc(S(=O)(=O)N3CCC(C)CC3)cc2)sc2ccccc21. The summed E-state index contributed by atoms with van der Waals surface area (Å²) in [6, 6.07) is 13.7. The van der Waals surface area contributed by atoms with Crippen molar-refractivity contribution in [3.05, 3.63) is 58.9 Å². The molecule has 0 N–H and O–H groups in total. The van der Waals surface area contributed by atoms with Gasteiger partial charge in [-0.1, -0.05) is 36.3 Å². The zero-order valence-corrected chi connectivity index (χ0v) is 18.8.